The molecular formula is C23H24N6. The SMILES string of the molecule is Cc1cc(Nc2ccc(N3CCCCC3)cc2)nc(Nc2cccc(C#N)c2)n1. The van der Waals surface area contributed by atoms with E-state index in [0.717, 1.165) is 36.0 Å². The zero-order chi connectivity index (χ0) is 20.1. The first-order valence-corrected chi connectivity index (χ1v) is 9.94. The highest BCUT2D eigenvalue weighted by molar-refractivity contribution is 5.63. The van der Waals surface area contributed by atoms with E-state index in [0.29, 0.717) is 11.5 Å². The summed E-state index contributed by atoms with van der Waals surface area (Å²) in [6.45, 7) is 4.21. The number of aromatic nitrogens is 2. The molecule has 0 radical (unpaired) electrons. The molecule has 6 nitrogen and oxygen atoms in total. The minimum absolute atomic E-state index is 0.493. The molecule has 1 saturated heterocycles. The Morgan fingerprint density at radius 3 is 2.45 bits per heavy atom. The number of nitrogens with one attached hydrogen (secondary N) is 2. The van der Waals surface area contributed by atoms with E-state index in [2.05, 4.69) is 55.8 Å². The lowest BCUT2D eigenvalue weighted by Crippen LogP contribution is -2.29. The zero-order valence-corrected chi connectivity index (χ0v) is 16.5. The van der Waals surface area contributed by atoms with Gasteiger partial charge in [-0.05, 0) is 68.7 Å². The lowest BCUT2D eigenvalue weighted by Gasteiger charge is -2.28. The maximum atomic E-state index is 9.06. The van der Waals surface area contributed by atoms with Crippen LogP contribution in [-0.2, 0) is 0 Å². The molecule has 1 aromatic heterocycles. The number of benzene rings is 2. The van der Waals surface area contributed by atoms with Gasteiger partial charge in [0.25, 0.3) is 0 Å². The summed E-state index contributed by atoms with van der Waals surface area (Å²) in [5.74, 6) is 1.22. The smallest absolute Gasteiger partial charge is 0.229 e. The summed E-state index contributed by atoms with van der Waals surface area (Å²) in [5, 5.41) is 15.6. The highest BCUT2D eigenvalue weighted by atomic mass is 15.1. The van der Waals surface area contributed by atoms with Crippen LogP contribution in [0.3, 0.4) is 0 Å². The molecule has 29 heavy (non-hydrogen) atoms. The third-order valence-electron chi connectivity index (χ3n) is 4.96. The summed E-state index contributed by atoms with van der Waals surface area (Å²) in [6.07, 6.45) is 3.88. The largest absolute Gasteiger partial charge is 0.372 e. The number of piperidine rings is 1. The fourth-order valence-electron chi connectivity index (χ4n) is 3.54. The van der Waals surface area contributed by atoms with Gasteiger partial charge in [0, 0.05) is 41.9 Å². The van der Waals surface area contributed by atoms with Gasteiger partial charge in [-0.3, -0.25) is 0 Å². The van der Waals surface area contributed by atoms with E-state index in [1.54, 1.807) is 12.1 Å². The molecule has 1 aliphatic heterocycles. The van der Waals surface area contributed by atoms with Crippen LogP contribution in [0.2, 0.25) is 0 Å². The van der Waals surface area contributed by atoms with Crippen molar-refractivity contribution in [2.24, 2.45) is 0 Å². The van der Waals surface area contributed by atoms with Crippen LogP contribution < -0.4 is 15.5 Å². The van der Waals surface area contributed by atoms with Crippen molar-refractivity contribution >= 4 is 28.8 Å². The van der Waals surface area contributed by atoms with Crippen LogP contribution in [0.25, 0.3) is 0 Å². The lowest BCUT2D eigenvalue weighted by atomic mass is 10.1. The third kappa shape index (κ3) is 4.82. The summed E-state index contributed by atoms with van der Waals surface area (Å²) >= 11 is 0. The van der Waals surface area contributed by atoms with Crippen LogP contribution in [0.15, 0.2) is 54.6 Å². The molecule has 3 aromatic rings. The average molecular weight is 384 g/mol. The van der Waals surface area contributed by atoms with Crippen molar-refractivity contribution in [1.82, 2.24) is 9.97 Å². The molecule has 0 spiro atoms. The molecular weight excluding hydrogens is 360 g/mol. The molecule has 0 saturated carbocycles. The quantitative estimate of drug-likeness (QED) is 0.635. The minimum atomic E-state index is 0.493. The standard InChI is InChI=1S/C23H24N6/c1-17-14-22(28-23(25-17)27-20-7-5-6-18(15-20)16-24)26-19-8-10-21(11-9-19)29-12-3-2-4-13-29/h5-11,14-15H,2-4,12-13H2,1H3,(H2,25,26,27,28). The first-order chi connectivity index (χ1) is 14.2. The van der Waals surface area contributed by atoms with Crippen molar-refractivity contribution in [2.75, 3.05) is 28.6 Å². The molecule has 1 aliphatic rings. The van der Waals surface area contributed by atoms with E-state index in [9.17, 15) is 0 Å². The fraction of sp³-hybridized carbons (Fsp3) is 0.261. The Bertz CT molecular complexity index is 1020. The molecule has 1 fully saturated rings. The molecule has 0 bridgehead atoms. The molecule has 2 heterocycles. The summed E-state index contributed by atoms with van der Waals surface area (Å²) in [7, 11) is 0. The molecule has 2 N–H and O–H groups in total. The molecule has 146 valence electrons. The second-order valence-corrected chi connectivity index (χ2v) is 7.26. The van der Waals surface area contributed by atoms with E-state index in [1.165, 1.54) is 24.9 Å². The van der Waals surface area contributed by atoms with E-state index in [4.69, 9.17) is 5.26 Å². The molecule has 0 unspecified atom stereocenters. The van der Waals surface area contributed by atoms with Gasteiger partial charge in [0.15, 0.2) is 0 Å². The van der Waals surface area contributed by atoms with Crippen LogP contribution >= 0.6 is 0 Å². The van der Waals surface area contributed by atoms with Gasteiger partial charge in [0.1, 0.15) is 5.82 Å². The lowest BCUT2D eigenvalue weighted by molar-refractivity contribution is 0.578. The normalized spacial score (nSPS) is 13.6. The molecule has 0 atom stereocenters. The predicted molar refractivity (Wildman–Crippen MR) is 117 cm³/mol. The maximum Gasteiger partial charge on any atom is 0.229 e. The second-order valence-electron chi connectivity index (χ2n) is 7.26. The summed E-state index contributed by atoms with van der Waals surface area (Å²) in [6, 6.07) is 19.8. The second kappa shape index (κ2) is 8.61. The van der Waals surface area contributed by atoms with Gasteiger partial charge in [0.05, 0.1) is 11.6 Å². The summed E-state index contributed by atoms with van der Waals surface area (Å²) in [4.78, 5) is 11.5. The molecule has 4 rings (SSSR count). The van der Waals surface area contributed by atoms with E-state index in [1.807, 2.05) is 25.1 Å². The van der Waals surface area contributed by atoms with Crippen LogP contribution in [0.5, 0.6) is 0 Å². The number of aryl methyl sites for hydroxylation is 1. The average Bonchev–Trinajstić information content (AvgIpc) is 2.75. The number of hydrogen-bond donors (Lipinski definition) is 2. The Balaban J connectivity index is 1.48. The topological polar surface area (TPSA) is 76.9 Å². The predicted octanol–water partition coefficient (Wildman–Crippen LogP) is 5.13. The number of nitrogens with zero attached hydrogens (tertiary/aromatic N) is 4. The van der Waals surface area contributed by atoms with Gasteiger partial charge in [-0.25, -0.2) is 4.98 Å². The van der Waals surface area contributed by atoms with Crippen molar-refractivity contribution in [1.29, 1.82) is 5.26 Å². The first-order valence-electron chi connectivity index (χ1n) is 9.94. The minimum Gasteiger partial charge on any atom is -0.372 e. The van der Waals surface area contributed by atoms with Crippen molar-refractivity contribution in [3.05, 3.63) is 65.9 Å². The van der Waals surface area contributed by atoms with Crippen molar-refractivity contribution < 1.29 is 0 Å². The Morgan fingerprint density at radius 2 is 1.69 bits per heavy atom. The van der Waals surface area contributed by atoms with Crippen LogP contribution in [0, 0.1) is 18.3 Å². The maximum absolute atomic E-state index is 9.06. The number of nitriles is 1. The summed E-state index contributed by atoms with van der Waals surface area (Å²) < 4.78 is 0. The number of hydrogen-bond acceptors (Lipinski definition) is 6. The Hall–Kier alpha value is -3.59. The monoisotopic (exact) mass is 384 g/mol. The highest BCUT2D eigenvalue weighted by Gasteiger charge is 2.11. The van der Waals surface area contributed by atoms with E-state index >= 15 is 0 Å². The van der Waals surface area contributed by atoms with E-state index < -0.39 is 0 Å². The number of anilines is 5. The van der Waals surface area contributed by atoms with Gasteiger partial charge >= 0.3 is 0 Å². The summed E-state index contributed by atoms with van der Waals surface area (Å²) in [5.41, 5.74) is 4.49. The Labute approximate surface area is 171 Å². The van der Waals surface area contributed by atoms with Gasteiger partial charge in [-0.1, -0.05) is 6.07 Å². The molecule has 2 aromatic carbocycles. The fourth-order valence-corrected chi connectivity index (χ4v) is 3.54. The number of rotatable bonds is 5. The first kappa shape index (κ1) is 18.8. The van der Waals surface area contributed by atoms with Crippen LogP contribution in [0.4, 0.5) is 28.8 Å². The third-order valence-corrected chi connectivity index (χ3v) is 4.96. The van der Waals surface area contributed by atoms with Crippen molar-refractivity contribution in [3.63, 3.8) is 0 Å². The van der Waals surface area contributed by atoms with Gasteiger partial charge in [0.2, 0.25) is 5.95 Å². The molecule has 6 heteroatoms. The molecule has 0 amide bonds. The van der Waals surface area contributed by atoms with Crippen LogP contribution in [-0.4, -0.2) is 23.1 Å². The zero-order valence-electron chi connectivity index (χ0n) is 16.5. The van der Waals surface area contributed by atoms with Gasteiger partial charge in [-0.15, -0.1) is 0 Å². The Kier molecular flexibility index (Phi) is 5.57. The van der Waals surface area contributed by atoms with E-state index in [-0.39, 0.29) is 0 Å². The van der Waals surface area contributed by atoms with Crippen LogP contribution in [0.1, 0.15) is 30.5 Å². The highest BCUT2D eigenvalue weighted by Crippen LogP contribution is 2.24. The Morgan fingerprint density at radius 1 is 0.897 bits per heavy atom. The van der Waals surface area contributed by atoms with Crippen molar-refractivity contribution in [3.8, 4) is 6.07 Å². The molecule has 0 aliphatic carbocycles. The van der Waals surface area contributed by atoms with Gasteiger partial charge in [-0.2, -0.15) is 10.2 Å². The van der Waals surface area contributed by atoms with Crippen molar-refractivity contribution in [2.45, 2.75) is 26.2 Å². The van der Waals surface area contributed by atoms with Gasteiger partial charge < -0.3 is 15.5 Å².